The summed E-state index contributed by atoms with van der Waals surface area (Å²) in [7, 11) is 1.51. The summed E-state index contributed by atoms with van der Waals surface area (Å²) in [4.78, 5) is 16.5. The van der Waals surface area contributed by atoms with E-state index in [0.717, 1.165) is 6.20 Å². The van der Waals surface area contributed by atoms with E-state index < -0.39 is 29.1 Å². The zero-order valence-electron chi connectivity index (χ0n) is 17.7. The average molecular weight is 450 g/mol. The first-order valence-electron chi connectivity index (χ1n) is 10.2. The third-order valence-corrected chi connectivity index (χ3v) is 5.27. The van der Waals surface area contributed by atoms with Gasteiger partial charge in [-0.2, -0.15) is 13.2 Å². The third kappa shape index (κ3) is 4.77. The van der Waals surface area contributed by atoms with Crippen molar-refractivity contribution in [3.63, 3.8) is 0 Å². The predicted octanol–water partition coefficient (Wildman–Crippen LogP) is 6.75. The minimum absolute atomic E-state index is 0.126. The highest BCUT2D eigenvalue weighted by Gasteiger charge is 2.40. The highest BCUT2D eigenvalue weighted by atomic mass is 19.4. The molecule has 4 aromatic rings. The van der Waals surface area contributed by atoms with Gasteiger partial charge >= 0.3 is 6.18 Å². The van der Waals surface area contributed by atoms with Crippen LogP contribution in [-0.2, 0) is 6.18 Å². The Morgan fingerprint density at radius 3 is 2.24 bits per heavy atom. The third-order valence-electron chi connectivity index (χ3n) is 5.27. The molecule has 0 saturated carbocycles. The maximum Gasteiger partial charge on any atom is 0.418 e. The molecule has 4 nitrogen and oxygen atoms in total. The molecule has 0 bridgehead atoms. The van der Waals surface area contributed by atoms with Crippen molar-refractivity contribution in [2.45, 2.75) is 12.2 Å². The van der Waals surface area contributed by atoms with E-state index >= 15 is 0 Å². The van der Waals surface area contributed by atoms with Crippen molar-refractivity contribution in [2.75, 3.05) is 12.4 Å². The molecule has 1 aromatic heterocycles. The number of halogens is 3. The standard InChI is InChI=1S/C26H21F3N2O2/c1-33-20-14-8-13-19(15-20)31-24(18-11-6-3-7-12-18)25(32)22-21(26(27,28)29)16-30-23(22)17-9-4-2-5-10-17/h2-16,24,30-31H,1H3. The molecule has 0 radical (unpaired) electrons. The van der Waals surface area contributed by atoms with Gasteiger partial charge in [-0.3, -0.25) is 4.79 Å². The Bertz CT molecular complexity index is 1240. The van der Waals surface area contributed by atoms with Gasteiger partial charge in [0.15, 0.2) is 5.78 Å². The Morgan fingerprint density at radius 2 is 1.61 bits per heavy atom. The number of hydrogen-bond donors (Lipinski definition) is 2. The minimum Gasteiger partial charge on any atom is -0.497 e. The van der Waals surface area contributed by atoms with Crippen LogP contribution in [-0.4, -0.2) is 17.9 Å². The number of rotatable bonds is 7. The summed E-state index contributed by atoms with van der Waals surface area (Å²) in [5.41, 5.74) is 0.295. The molecule has 0 amide bonds. The van der Waals surface area contributed by atoms with Gasteiger partial charge in [-0.05, 0) is 23.3 Å². The molecule has 0 spiro atoms. The first-order valence-corrected chi connectivity index (χ1v) is 10.2. The van der Waals surface area contributed by atoms with Gasteiger partial charge in [0.05, 0.1) is 23.9 Å². The topological polar surface area (TPSA) is 54.1 Å². The molecule has 3 aromatic carbocycles. The second-order valence-electron chi connectivity index (χ2n) is 7.40. The maximum atomic E-state index is 13.9. The van der Waals surface area contributed by atoms with E-state index in [-0.39, 0.29) is 5.69 Å². The number of hydrogen-bond acceptors (Lipinski definition) is 3. The minimum atomic E-state index is -4.70. The first kappa shape index (κ1) is 22.2. The molecule has 1 atom stereocenters. The van der Waals surface area contributed by atoms with Crippen molar-refractivity contribution < 1.29 is 22.7 Å². The molecule has 7 heteroatoms. The molecule has 2 N–H and O–H groups in total. The van der Waals surface area contributed by atoms with Crippen LogP contribution in [0.25, 0.3) is 11.3 Å². The number of ether oxygens (including phenoxy) is 1. The van der Waals surface area contributed by atoms with Crippen molar-refractivity contribution in [2.24, 2.45) is 0 Å². The van der Waals surface area contributed by atoms with E-state index in [0.29, 0.717) is 22.6 Å². The number of anilines is 1. The molecule has 0 aliphatic heterocycles. The Labute approximate surface area is 189 Å². The zero-order chi connectivity index (χ0) is 23.4. The molecule has 4 rings (SSSR count). The second kappa shape index (κ2) is 9.24. The number of carbonyl (C=O) groups excluding carboxylic acids is 1. The van der Waals surface area contributed by atoms with Crippen molar-refractivity contribution in [1.29, 1.82) is 0 Å². The van der Waals surface area contributed by atoms with Crippen molar-refractivity contribution in [3.05, 3.63) is 108 Å². The van der Waals surface area contributed by atoms with Crippen LogP contribution < -0.4 is 10.1 Å². The molecule has 1 unspecified atom stereocenters. The number of benzene rings is 3. The van der Waals surface area contributed by atoms with Gasteiger partial charge in [0.25, 0.3) is 0 Å². The van der Waals surface area contributed by atoms with Crippen LogP contribution in [0.15, 0.2) is 91.1 Å². The second-order valence-corrected chi connectivity index (χ2v) is 7.40. The van der Waals surface area contributed by atoms with Gasteiger partial charge in [-0.25, -0.2) is 0 Å². The maximum absolute atomic E-state index is 13.9. The summed E-state index contributed by atoms with van der Waals surface area (Å²) in [6.45, 7) is 0. The normalized spacial score (nSPS) is 12.2. The quantitative estimate of drug-likeness (QED) is 0.307. The summed E-state index contributed by atoms with van der Waals surface area (Å²) in [5.74, 6) is -0.140. The van der Waals surface area contributed by atoms with E-state index in [1.54, 1.807) is 84.9 Å². The van der Waals surface area contributed by atoms with Gasteiger partial charge in [0.2, 0.25) is 0 Å². The SMILES string of the molecule is COc1cccc(NC(C(=O)c2c(C(F)(F)F)c[nH]c2-c2ccccc2)c2ccccc2)c1. The van der Waals surface area contributed by atoms with Crippen molar-refractivity contribution in [1.82, 2.24) is 4.98 Å². The number of nitrogens with one attached hydrogen (secondary N) is 2. The van der Waals surface area contributed by atoms with E-state index in [2.05, 4.69) is 10.3 Å². The van der Waals surface area contributed by atoms with E-state index in [9.17, 15) is 18.0 Å². The predicted molar refractivity (Wildman–Crippen MR) is 121 cm³/mol. The van der Waals surface area contributed by atoms with Gasteiger partial charge in [0.1, 0.15) is 11.8 Å². The molecule has 0 fully saturated rings. The number of alkyl halides is 3. The zero-order valence-corrected chi connectivity index (χ0v) is 17.7. The Hall–Kier alpha value is -4.00. The van der Waals surface area contributed by atoms with E-state index in [1.165, 1.54) is 7.11 Å². The lowest BCUT2D eigenvalue weighted by atomic mass is 9.92. The van der Waals surface area contributed by atoms with Crippen LogP contribution in [0.4, 0.5) is 18.9 Å². The summed E-state index contributed by atoms with van der Waals surface area (Å²) in [6.07, 6.45) is -3.85. The fourth-order valence-corrected chi connectivity index (χ4v) is 3.70. The Balaban J connectivity index is 1.85. The number of ketones is 1. The Morgan fingerprint density at radius 1 is 0.939 bits per heavy atom. The monoisotopic (exact) mass is 450 g/mol. The van der Waals surface area contributed by atoms with Gasteiger partial charge in [-0.1, -0.05) is 66.7 Å². The summed E-state index contributed by atoms with van der Waals surface area (Å²) in [5, 5.41) is 3.10. The highest BCUT2D eigenvalue weighted by Crippen LogP contribution is 2.39. The Kier molecular flexibility index (Phi) is 6.22. The molecule has 1 heterocycles. The van der Waals surface area contributed by atoms with Crippen LogP contribution >= 0.6 is 0 Å². The number of aromatic amines is 1. The molecule has 168 valence electrons. The molecule has 0 aliphatic carbocycles. The van der Waals surface area contributed by atoms with Crippen LogP contribution in [0, 0.1) is 0 Å². The van der Waals surface area contributed by atoms with Crippen LogP contribution in [0.5, 0.6) is 5.75 Å². The van der Waals surface area contributed by atoms with Crippen LogP contribution in [0.1, 0.15) is 27.5 Å². The molecule has 0 saturated heterocycles. The van der Waals surface area contributed by atoms with Gasteiger partial charge < -0.3 is 15.0 Å². The molecule has 33 heavy (non-hydrogen) atoms. The molecular weight excluding hydrogens is 429 g/mol. The highest BCUT2D eigenvalue weighted by molar-refractivity contribution is 6.08. The fraction of sp³-hybridized carbons (Fsp3) is 0.115. The fourth-order valence-electron chi connectivity index (χ4n) is 3.70. The number of carbonyl (C=O) groups is 1. The average Bonchev–Trinajstić information content (AvgIpc) is 3.29. The molecule has 0 aliphatic rings. The first-order chi connectivity index (χ1) is 15.9. The summed E-state index contributed by atoms with van der Waals surface area (Å²) >= 11 is 0. The van der Waals surface area contributed by atoms with Crippen molar-refractivity contribution in [3.8, 4) is 17.0 Å². The van der Waals surface area contributed by atoms with Crippen LogP contribution in [0.2, 0.25) is 0 Å². The molecular formula is C26H21F3N2O2. The lowest BCUT2D eigenvalue weighted by Gasteiger charge is -2.21. The number of H-pyrrole nitrogens is 1. The van der Waals surface area contributed by atoms with E-state index in [4.69, 9.17) is 4.74 Å². The smallest absolute Gasteiger partial charge is 0.418 e. The van der Waals surface area contributed by atoms with Crippen LogP contribution in [0.3, 0.4) is 0 Å². The van der Waals surface area contributed by atoms with Gasteiger partial charge in [0, 0.05) is 18.0 Å². The number of aromatic nitrogens is 1. The van der Waals surface area contributed by atoms with E-state index in [1.807, 2.05) is 0 Å². The summed E-state index contributed by atoms with van der Waals surface area (Å²) in [6, 6.07) is 23.0. The number of methoxy groups -OCH3 is 1. The number of Topliss-reactive ketones (excluding diaryl/α,β-unsaturated/α-hetero) is 1. The van der Waals surface area contributed by atoms with Crippen molar-refractivity contribution >= 4 is 11.5 Å². The van der Waals surface area contributed by atoms with Gasteiger partial charge in [-0.15, -0.1) is 0 Å². The lowest BCUT2D eigenvalue weighted by molar-refractivity contribution is -0.137. The largest absolute Gasteiger partial charge is 0.497 e. The summed E-state index contributed by atoms with van der Waals surface area (Å²) < 4.78 is 47.0. The lowest BCUT2D eigenvalue weighted by Crippen LogP contribution is -2.24.